The maximum absolute atomic E-state index is 6.13. The largest absolute Gasteiger partial charge is 0.496 e. The lowest BCUT2D eigenvalue weighted by atomic mass is 9.99. The van der Waals surface area contributed by atoms with E-state index in [0.29, 0.717) is 0 Å². The molecule has 0 aliphatic carbocycles. The second kappa shape index (κ2) is 6.53. The van der Waals surface area contributed by atoms with Crippen molar-refractivity contribution in [1.29, 1.82) is 0 Å². The van der Waals surface area contributed by atoms with Crippen molar-refractivity contribution < 1.29 is 4.74 Å². The molecule has 4 heteroatoms. The molecule has 1 aliphatic rings. The highest BCUT2D eigenvalue weighted by Gasteiger charge is 2.19. The first-order valence-corrected chi connectivity index (χ1v) is 8.78. The van der Waals surface area contributed by atoms with Gasteiger partial charge in [-0.2, -0.15) is 0 Å². The number of thioether (sulfide) groups is 1. The van der Waals surface area contributed by atoms with Crippen molar-refractivity contribution in [2.45, 2.75) is 24.3 Å². The van der Waals surface area contributed by atoms with E-state index in [2.05, 4.69) is 35.4 Å². The third-order valence-electron chi connectivity index (χ3n) is 4.20. The topological polar surface area (TPSA) is 38.5 Å². The van der Waals surface area contributed by atoms with Crippen LogP contribution in [0.2, 0.25) is 0 Å². The van der Waals surface area contributed by atoms with Gasteiger partial charge in [0.05, 0.1) is 7.11 Å². The molecule has 0 saturated heterocycles. The summed E-state index contributed by atoms with van der Waals surface area (Å²) in [6.07, 6.45) is 4.30. The number of ether oxygens (including phenoxy) is 1. The molecule has 2 aromatic carbocycles. The van der Waals surface area contributed by atoms with Gasteiger partial charge in [-0.25, -0.2) is 0 Å². The van der Waals surface area contributed by atoms with Gasteiger partial charge in [0.15, 0.2) is 0 Å². The lowest BCUT2D eigenvalue weighted by Crippen LogP contribution is -2.29. The number of fused-ring (bicyclic) bond motifs is 1. The molecule has 0 amide bonds. The van der Waals surface area contributed by atoms with E-state index in [1.54, 1.807) is 18.9 Å². The summed E-state index contributed by atoms with van der Waals surface area (Å²) in [5.74, 6) is 0.954. The van der Waals surface area contributed by atoms with Crippen LogP contribution < -0.4 is 15.4 Å². The molecule has 0 bridgehead atoms. The number of rotatable bonds is 4. The monoisotopic (exact) mass is 314 g/mol. The van der Waals surface area contributed by atoms with Crippen molar-refractivity contribution >= 4 is 23.1 Å². The van der Waals surface area contributed by atoms with E-state index < -0.39 is 0 Å². The van der Waals surface area contributed by atoms with Gasteiger partial charge in [0.25, 0.3) is 0 Å². The van der Waals surface area contributed by atoms with Crippen molar-refractivity contribution in [2.75, 3.05) is 30.5 Å². The van der Waals surface area contributed by atoms with E-state index in [4.69, 9.17) is 10.5 Å². The third-order valence-corrected chi connectivity index (χ3v) is 4.98. The highest BCUT2D eigenvalue weighted by atomic mass is 32.2. The SMILES string of the molecule is COc1cc(CN2CCCc3c(N)cccc32)ccc1SC. The molecule has 1 heterocycles. The van der Waals surface area contributed by atoms with Crippen LogP contribution in [-0.2, 0) is 13.0 Å². The average molecular weight is 314 g/mol. The number of nitrogens with two attached hydrogens (primary N) is 1. The van der Waals surface area contributed by atoms with Crippen molar-refractivity contribution in [2.24, 2.45) is 0 Å². The van der Waals surface area contributed by atoms with Crippen LogP contribution in [0, 0.1) is 0 Å². The van der Waals surface area contributed by atoms with Crippen molar-refractivity contribution in [3.05, 3.63) is 47.5 Å². The van der Waals surface area contributed by atoms with E-state index in [0.717, 1.165) is 37.4 Å². The predicted molar refractivity (Wildman–Crippen MR) is 95.0 cm³/mol. The van der Waals surface area contributed by atoms with Gasteiger partial charge < -0.3 is 15.4 Å². The maximum atomic E-state index is 6.13. The van der Waals surface area contributed by atoms with Gasteiger partial charge >= 0.3 is 0 Å². The number of hydrogen-bond acceptors (Lipinski definition) is 4. The van der Waals surface area contributed by atoms with Gasteiger partial charge in [-0.3, -0.25) is 0 Å². The van der Waals surface area contributed by atoms with E-state index in [1.807, 2.05) is 12.1 Å². The Labute approximate surface area is 136 Å². The molecule has 0 unspecified atom stereocenters. The summed E-state index contributed by atoms with van der Waals surface area (Å²) < 4.78 is 5.50. The summed E-state index contributed by atoms with van der Waals surface area (Å²) in [7, 11) is 1.73. The van der Waals surface area contributed by atoms with Crippen molar-refractivity contribution in [3.8, 4) is 5.75 Å². The second-order valence-electron chi connectivity index (χ2n) is 5.56. The van der Waals surface area contributed by atoms with Crippen LogP contribution in [0.3, 0.4) is 0 Å². The Morgan fingerprint density at radius 2 is 2.14 bits per heavy atom. The fourth-order valence-electron chi connectivity index (χ4n) is 3.09. The Hall–Kier alpha value is -1.81. The molecule has 0 saturated carbocycles. The normalized spacial score (nSPS) is 13.8. The second-order valence-corrected chi connectivity index (χ2v) is 6.41. The smallest absolute Gasteiger partial charge is 0.132 e. The fraction of sp³-hybridized carbons (Fsp3) is 0.333. The standard InChI is InChI=1S/C18H22N2OS/c1-21-17-11-13(8-9-18(17)22-2)12-20-10-4-5-14-15(19)6-3-7-16(14)20/h3,6-9,11H,4-5,10,12,19H2,1-2H3. The molecular weight excluding hydrogens is 292 g/mol. The van der Waals surface area contributed by atoms with Crippen molar-refractivity contribution in [3.63, 3.8) is 0 Å². The number of anilines is 2. The zero-order valence-corrected chi connectivity index (χ0v) is 14.0. The first-order valence-electron chi connectivity index (χ1n) is 7.56. The summed E-state index contributed by atoms with van der Waals surface area (Å²) in [4.78, 5) is 3.59. The number of methoxy groups -OCH3 is 1. The molecule has 0 spiro atoms. The van der Waals surface area contributed by atoms with Gasteiger partial charge in [-0.05, 0) is 54.5 Å². The van der Waals surface area contributed by atoms with Gasteiger partial charge in [-0.1, -0.05) is 12.1 Å². The Bertz CT molecular complexity index is 672. The minimum absolute atomic E-state index is 0.890. The molecule has 0 fully saturated rings. The third kappa shape index (κ3) is 2.88. The van der Waals surface area contributed by atoms with Crippen LogP contribution in [-0.4, -0.2) is 19.9 Å². The van der Waals surface area contributed by atoms with Gasteiger partial charge in [-0.15, -0.1) is 11.8 Å². The lowest BCUT2D eigenvalue weighted by Gasteiger charge is -2.32. The van der Waals surface area contributed by atoms with Crippen LogP contribution in [0.5, 0.6) is 5.75 Å². The number of nitrogens with zero attached hydrogens (tertiary/aromatic N) is 1. The molecule has 1 aliphatic heterocycles. The predicted octanol–water partition coefficient (Wildman–Crippen LogP) is 3.95. The Kier molecular flexibility index (Phi) is 4.48. The number of benzene rings is 2. The Morgan fingerprint density at radius 3 is 2.91 bits per heavy atom. The quantitative estimate of drug-likeness (QED) is 0.685. The van der Waals surface area contributed by atoms with Crippen LogP contribution >= 0.6 is 11.8 Å². The highest BCUT2D eigenvalue weighted by molar-refractivity contribution is 7.98. The van der Waals surface area contributed by atoms with Crippen LogP contribution in [0.15, 0.2) is 41.3 Å². The lowest BCUT2D eigenvalue weighted by molar-refractivity contribution is 0.404. The number of nitrogen functional groups attached to an aromatic ring is 1. The molecule has 116 valence electrons. The minimum atomic E-state index is 0.890. The van der Waals surface area contributed by atoms with Crippen molar-refractivity contribution in [1.82, 2.24) is 0 Å². The molecule has 22 heavy (non-hydrogen) atoms. The maximum Gasteiger partial charge on any atom is 0.132 e. The molecule has 0 aromatic heterocycles. The van der Waals surface area contributed by atoms with Gasteiger partial charge in [0, 0.05) is 29.4 Å². The molecule has 3 rings (SSSR count). The molecule has 3 nitrogen and oxygen atoms in total. The first kappa shape index (κ1) is 15.1. The van der Waals surface area contributed by atoms with E-state index in [1.165, 1.54) is 21.7 Å². The van der Waals surface area contributed by atoms with Crippen LogP contribution in [0.4, 0.5) is 11.4 Å². The summed E-state index contributed by atoms with van der Waals surface area (Å²) in [6.45, 7) is 1.96. The summed E-state index contributed by atoms with van der Waals surface area (Å²) in [6, 6.07) is 12.7. The summed E-state index contributed by atoms with van der Waals surface area (Å²) in [5.41, 5.74) is 10.9. The highest BCUT2D eigenvalue weighted by Crippen LogP contribution is 2.33. The van der Waals surface area contributed by atoms with Crippen LogP contribution in [0.1, 0.15) is 17.5 Å². The average Bonchev–Trinajstić information content (AvgIpc) is 2.55. The minimum Gasteiger partial charge on any atom is -0.496 e. The van der Waals surface area contributed by atoms with Crippen LogP contribution in [0.25, 0.3) is 0 Å². The fourth-order valence-corrected chi connectivity index (χ4v) is 3.64. The molecular formula is C18H22N2OS. The Balaban J connectivity index is 1.87. The first-order chi connectivity index (χ1) is 10.7. The molecule has 2 N–H and O–H groups in total. The van der Waals surface area contributed by atoms with E-state index in [-0.39, 0.29) is 0 Å². The van der Waals surface area contributed by atoms with Gasteiger partial charge in [0.1, 0.15) is 5.75 Å². The Morgan fingerprint density at radius 1 is 1.27 bits per heavy atom. The molecule has 0 radical (unpaired) electrons. The zero-order valence-electron chi connectivity index (χ0n) is 13.1. The summed E-state index contributed by atoms with van der Waals surface area (Å²) in [5, 5.41) is 0. The molecule has 2 aromatic rings. The molecule has 0 atom stereocenters. The number of hydrogen-bond donors (Lipinski definition) is 1. The van der Waals surface area contributed by atoms with E-state index in [9.17, 15) is 0 Å². The zero-order chi connectivity index (χ0) is 15.5. The van der Waals surface area contributed by atoms with E-state index >= 15 is 0 Å². The summed E-state index contributed by atoms with van der Waals surface area (Å²) >= 11 is 1.71. The van der Waals surface area contributed by atoms with Gasteiger partial charge in [0.2, 0.25) is 0 Å².